The van der Waals surface area contributed by atoms with Gasteiger partial charge in [-0.3, -0.25) is 4.79 Å². The molecular weight excluding hydrogens is 267 g/mol. The minimum absolute atomic E-state index is 0.315. The third-order valence-electron chi connectivity index (χ3n) is 2.24. The van der Waals surface area contributed by atoms with Gasteiger partial charge in [-0.2, -0.15) is 4.39 Å². The molecule has 0 saturated carbocycles. The molecule has 1 rings (SSSR count). The van der Waals surface area contributed by atoms with Crippen molar-refractivity contribution < 1.29 is 28.3 Å². The van der Waals surface area contributed by atoms with E-state index < -0.39 is 34.7 Å². The molecular formula is C10H10F3N3O3. The number of hydrogen-bond donors (Lipinski definition) is 3. The summed E-state index contributed by atoms with van der Waals surface area (Å²) >= 11 is 0. The molecule has 19 heavy (non-hydrogen) atoms. The summed E-state index contributed by atoms with van der Waals surface area (Å²) < 4.78 is 39.3. The number of nitrogens with two attached hydrogens (primary N) is 1. The van der Waals surface area contributed by atoms with Crippen molar-refractivity contribution in [3.63, 3.8) is 0 Å². The number of carbonyl (C=O) groups excluding carboxylic acids is 1. The Hall–Kier alpha value is -2.45. The number of amidine groups is 1. The highest BCUT2D eigenvalue weighted by atomic mass is 19.2. The van der Waals surface area contributed by atoms with Crippen molar-refractivity contribution in [1.82, 2.24) is 4.90 Å². The topological polar surface area (TPSA) is 99.1 Å². The molecule has 0 aliphatic heterocycles. The number of hydrogen-bond acceptors (Lipinski definition) is 4. The van der Waals surface area contributed by atoms with Crippen molar-refractivity contribution in [3.8, 4) is 5.75 Å². The zero-order valence-corrected chi connectivity index (χ0v) is 9.69. The van der Waals surface area contributed by atoms with Gasteiger partial charge in [-0.05, 0) is 6.07 Å². The SMILES string of the molecule is CN(CC(N)=NO)C(=O)c1cc(F)c(F)c(O)c1F. The van der Waals surface area contributed by atoms with Crippen LogP contribution in [0.2, 0.25) is 0 Å². The maximum absolute atomic E-state index is 13.5. The smallest absolute Gasteiger partial charge is 0.257 e. The summed E-state index contributed by atoms with van der Waals surface area (Å²) in [4.78, 5) is 12.5. The standard InChI is InChI=1S/C10H10F3N3O3/c1-16(3-6(14)15-19)10(18)4-2-5(11)8(13)9(17)7(4)12/h2,17,19H,3H2,1H3,(H2,14,15). The summed E-state index contributed by atoms with van der Waals surface area (Å²) in [6, 6.07) is 0.315. The Balaban J connectivity index is 3.14. The fraction of sp³-hybridized carbons (Fsp3) is 0.200. The van der Waals surface area contributed by atoms with E-state index in [2.05, 4.69) is 5.16 Å². The Morgan fingerprint density at radius 1 is 1.42 bits per heavy atom. The molecule has 0 atom stereocenters. The average molecular weight is 277 g/mol. The van der Waals surface area contributed by atoms with Crippen LogP contribution in [0.3, 0.4) is 0 Å². The Bertz CT molecular complexity index is 549. The van der Waals surface area contributed by atoms with Gasteiger partial charge in [-0.15, -0.1) is 0 Å². The van der Waals surface area contributed by atoms with Gasteiger partial charge in [0.15, 0.2) is 23.2 Å². The molecule has 1 amide bonds. The highest BCUT2D eigenvalue weighted by molar-refractivity contribution is 5.97. The Morgan fingerprint density at radius 2 is 2.00 bits per heavy atom. The number of amides is 1. The molecule has 1 aromatic carbocycles. The molecule has 0 aromatic heterocycles. The van der Waals surface area contributed by atoms with E-state index in [4.69, 9.17) is 16.0 Å². The lowest BCUT2D eigenvalue weighted by molar-refractivity contribution is 0.0807. The zero-order valence-electron chi connectivity index (χ0n) is 9.69. The monoisotopic (exact) mass is 277 g/mol. The number of phenolic OH excluding ortho intramolecular Hbond substituents is 1. The van der Waals surface area contributed by atoms with Gasteiger partial charge < -0.3 is 20.9 Å². The number of rotatable bonds is 3. The van der Waals surface area contributed by atoms with E-state index >= 15 is 0 Å². The summed E-state index contributed by atoms with van der Waals surface area (Å²) in [6.45, 7) is -0.367. The third kappa shape index (κ3) is 2.87. The van der Waals surface area contributed by atoms with E-state index in [9.17, 15) is 18.0 Å². The Labute approximate surface area is 105 Å². The number of halogens is 3. The molecule has 0 fully saturated rings. The predicted octanol–water partition coefficient (Wildman–Crippen LogP) is 0.628. The second kappa shape index (κ2) is 5.46. The molecule has 6 nitrogen and oxygen atoms in total. The van der Waals surface area contributed by atoms with Crippen LogP contribution in [0.5, 0.6) is 5.75 Å². The van der Waals surface area contributed by atoms with Gasteiger partial charge in [0.2, 0.25) is 5.82 Å². The molecule has 0 aliphatic carbocycles. The summed E-state index contributed by atoms with van der Waals surface area (Å²) in [7, 11) is 1.16. The third-order valence-corrected chi connectivity index (χ3v) is 2.24. The number of oxime groups is 1. The molecule has 0 aliphatic rings. The lowest BCUT2D eigenvalue weighted by Gasteiger charge is -2.17. The van der Waals surface area contributed by atoms with Crippen LogP contribution in [0.25, 0.3) is 0 Å². The van der Waals surface area contributed by atoms with Gasteiger partial charge in [-0.1, -0.05) is 5.16 Å². The van der Waals surface area contributed by atoms with Gasteiger partial charge in [-0.25, -0.2) is 8.78 Å². The number of aromatic hydroxyl groups is 1. The van der Waals surface area contributed by atoms with E-state index in [1.54, 1.807) is 0 Å². The number of carbonyl (C=O) groups is 1. The van der Waals surface area contributed by atoms with Gasteiger partial charge in [0, 0.05) is 7.05 Å². The minimum atomic E-state index is -1.78. The van der Waals surface area contributed by atoms with Crippen LogP contribution in [0.4, 0.5) is 13.2 Å². The summed E-state index contributed by atoms with van der Waals surface area (Å²) in [6.07, 6.45) is 0. The maximum Gasteiger partial charge on any atom is 0.257 e. The summed E-state index contributed by atoms with van der Waals surface area (Å²) in [5, 5.41) is 19.9. The van der Waals surface area contributed by atoms with Crippen molar-refractivity contribution in [2.75, 3.05) is 13.6 Å². The number of nitrogens with zero attached hydrogens (tertiary/aromatic N) is 2. The first kappa shape index (κ1) is 14.6. The molecule has 104 valence electrons. The number of likely N-dealkylation sites (N-methyl/N-ethyl adjacent to an activating group) is 1. The normalized spacial score (nSPS) is 11.5. The highest BCUT2D eigenvalue weighted by Crippen LogP contribution is 2.26. The van der Waals surface area contributed by atoms with Gasteiger partial charge in [0.25, 0.3) is 5.91 Å². The molecule has 0 spiro atoms. The van der Waals surface area contributed by atoms with E-state index in [0.717, 1.165) is 11.9 Å². The summed E-state index contributed by atoms with van der Waals surface area (Å²) in [5.74, 6) is -7.94. The van der Waals surface area contributed by atoms with Crippen LogP contribution in [0.15, 0.2) is 11.2 Å². The lowest BCUT2D eigenvalue weighted by atomic mass is 10.1. The first-order chi connectivity index (χ1) is 8.79. The largest absolute Gasteiger partial charge is 0.503 e. The van der Waals surface area contributed by atoms with Crippen LogP contribution in [-0.4, -0.2) is 40.5 Å². The van der Waals surface area contributed by atoms with Crippen molar-refractivity contribution in [2.45, 2.75) is 0 Å². The van der Waals surface area contributed by atoms with Crippen LogP contribution in [0.1, 0.15) is 10.4 Å². The maximum atomic E-state index is 13.5. The van der Waals surface area contributed by atoms with Gasteiger partial charge in [0.1, 0.15) is 0 Å². The lowest BCUT2D eigenvalue weighted by Crippen LogP contribution is -2.36. The molecule has 0 saturated heterocycles. The van der Waals surface area contributed by atoms with Crippen molar-refractivity contribution in [2.24, 2.45) is 10.9 Å². The number of phenols is 1. The molecule has 0 radical (unpaired) electrons. The highest BCUT2D eigenvalue weighted by Gasteiger charge is 2.24. The molecule has 0 heterocycles. The number of benzene rings is 1. The molecule has 0 unspecified atom stereocenters. The van der Waals surface area contributed by atoms with Crippen LogP contribution in [0, 0.1) is 17.5 Å². The van der Waals surface area contributed by atoms with Crippen molar-refractivity contribution in [1.29, 1.82) is 0 Å². The molecule has 1 aromatic rings. The van der Waals surface area contributed by atoms with Crippen molar-refractivity contribution >= 4 is 11.7 Å². The second-order valence-electron chi connectivity index (χ2n) is 3.64. The summed E-state index contributed by atoms with van der Waals surface area (Å²) in [5.41, 5.74) is 4.27. The van der Waals surface area contributed by atoms with E-state index in [1.807, 2.05) is 0 Å². The van der Waals surface area contributed by atoms with Gasteiger partial charge in [0.05, 0.1) is 12.1 Å². The average Bonchev–Trinajstić information content (AvgIpc) is 2.39. The predicted molar refractivity (Wildman–Crippen MR) is 58.4 cm³/mol. The van der Waals surface area contributed by atoms with E-state index in [0.29, 0.717) is 6.07 Å². The van der Waals surface area contributed by atoms with Crippen LogP contribution >= 0.6 is 0 Å². The minimum Gasteiger partial charge on any atom is -0.503 e. The zero-order chi connectivity index (χ0) is 14.7. The first-order valence-corrected chi connectivity index (χ1v) is 4.87. The van der Waals surface area contributed by atoms with E-state index in [1.165, 1.54) is 0 Å². The molecule has 9 heteroatoms. The van der Waals surface area contributed by atoms with E-state index in [-0.39, 0.29) is 12.4 Å². The molecule has 0 bridgehead atoms. The van der Waals surface area contributed by atoms with Crippen LogP contribution in [-0.2, 0) is 0 Å². The van der Waals surface area contributed by atoms with Gasteiger partial charge >= 0.3 is 0 Å². The second-order valence-corrected chi connectivity index (χ2v) is 3.64. The fourth-order valence-electron chi connectivity index (χ4n) is 1.30. The van der Waals surface area contributed by atoms with Crippen molar-refractivity contribution in [3.05, 3.63) is 29.1 Å². The Morgan fingerprint density at radius 3 is 2.53 bits per heavy atom. The Kier molecular flexibility index (Phi) is 4.20. The molecule has 4 N–H and O–H groups in total. The fourth-order valence-corrected chi connectivity index (χ4v) is 1.30. The first-order valence-electron chi connectivity index (χ1n) is 4.87. The quantitative estimate of drug-likeness (QED) is 0.248. The van der Waals surface area contributed by atoms with Crippen LogP contribution < -0.4 is 5.73 Å².